The Kier molecular flexibility index (Phi) is 6.00. The first-order valence-corrected chi connectivity index (χ1v) is 8.97. The third-order valence-corrected chi connectivity index (χ3v) is 4.59. The van der Waals surface area contributed by atoms with E-state index in [1.807, 2.05) is 0 Å². The molecular weight excluding hydrogens is 366 g/mol. The molecule has 0 aliphatic heterocycles. The number of hydrazone groups is 1. The van der Waals surface area contributed by atoms with E-state index in [9.17, 15) is 13.2 Å². The second-order valence-corrected chi connectivity index (χ2v) is 7.12. The number of hydrogen-bond donors (Lipinski definition) is 2. The summed E-state index contributed by atoms with van der Waals surface area (Å²) in [5.74, 6) is -0.101. The summed E-state index contributed by atoms with van der Waals surface area (Å²) in [6, 6.07) is 12.4. The number of nitrogens with two attached hydrogens (primary N) is 1. The fraction of sp³-hybridized carbons (Fsp3) is 0.125. The van der Waals surface area contributed by atoms with Gasteiger partial charge in [0.05, 0.1) is 10.6 Å². The topological polar surface area (TPSA) is 111 Å². The molecule has 0 bridgehead atoms. The van der Waals surface area contributed by atoms with Crippen LogP contribution in [-0.2, 0) is 14.8 Å². The summed E-state index contributed by atoms with van der Waals surface area (Å²) in [4.78, 5) is 12.9. The third-order valence-electron chi connectivity index (χ3n) is 3.11. The van der Waals surface area contributed by atoms with Crippen LogP contribution in [0.2, 0.25) is 5.02 Å². The highest BCUT2D eigenvalue weighted by molar-refractivity contribution is 7.89. The zero-order chi connectivity index (χ0) is 18.4. The lowest BCUT2D eigenvalue weighted by Gasteiger charge is -2.07. The van der Waals surface area contributed by atoms with E-state index < -0.39 is 15.9 Å². The Balaban J connectivity index is 2.07. The molecular formula is C16H16ClN3O4S. The molecule has 3 N–H and O–H groups in total. The smallest absolute Gasteiger partial charge is 0.276 e. The van der Waals surface area contributed by atoms with Gasteiger partial charge in [-0.15, -0.1) is 0 Å². The van der Waals surface area contributed by atoms with E-state index in [2.05, 4.69) is 9.93 Å². The van der Waals surface area contributed by atoms with Gasteiger partial charge in [-0.3, -0.25) is 4.79 Å². The van der Waals surface area contributed by atoms with Crippen molar-refractivity contribution in [2.75, 3.05) is 6.61 Å². The summed E-state index contributed by atoms with van der Waals surface area (Å²) in [5.41, 5.74) is 6.14. The first-order valence-electron chi connectivity index (χ1n) is 7.11. The quantitative estimate of drug-likeness (QED) is 0.563. The minimum atomic E-state index is -3.78. The van der Waals surface area contributed by atoms with Gasteiger partial charge in [0.15, 0.2) is 6.61 Å². The molecule has 7 nitrogen and oxygen atoms in total. The van der Waals surface area contributed by atoms with Gasteiger partial charge in [-0.2, -0.15) is 18.4 Å². The lowest BCUT2D eigenvalue weighted by atomic mass is 10.1. The van der Waals surface area contributed by atoms with E-state index in [1.165, 1.54) is 24.3 Å². The van der Waals surface area contributed by atoms with E-state index in [0.29, 0.717) is 22.0 Å². The lowest BCUT2D eigenvalue weighted by molar-refractivity contribution is -0.119. The number of carbonyl (C=O) groups excluding carboxylic acids is 1. The van der Waals surface area contributed by atoms with Crippen LogP contribution in [0.4, 0.5) is 0 Å². The number of sulfonamides is 1. The highest BCUT2D eigenvalue weighted by Gasteiger charge is 2.12. The number of hydrogen-bond acceptors (Lipinski definition) is 5. The van der Waals surface area contributed by atoms with Crippen molar-refractivity contribution in [3.8, 4) is 5.75 Å². The summed E-state index contributed by atoms with van der Waals surface area (Å²) in [6.45, 7) is 1.44. The Bertz CT molecular complexity index is 879. The molecule has 0 unspecified atom stereocenters. The number of rotatable bonds is 7. The predicted octanol–water partition coefficient (Wildman–Crippen LogP) is 1.91. The van der Waals surface area contributed by atoms with E-state index in [4.69, 9.17) is 22.1 Å². The second kappa shape index (κ2) is 8.00. The van der Waals surface area contributed by atoms with Crippen molar-refractivity contribution in [3.63, 3.8) is 0 Å². The summed E-state index contributed by atoms with van der Waals surface area (Å²) in [6.07, 6.45) is 0. The van der Waals surface area contributed by atoms with Crippen LogP contribution in [0.1, 0.15) is 12.5 Å². The van der Waals surface area contributed by atoms with E-state index in [-0.39, 0.29) is 11.5 Å². The van der Waals surface area contributed by atoms with E-state index in [1.54, 1.807) is 31.2 Å². The van der Waals surface area contributed by atoms with Crippen LogP contribution in [0, 0.1) is 0 Å². The Morgan fingerprint density at radius 1 is 1.16 bits per heavy atom. The highest BCUT2D eigenvalue weighted by atomic mass is 35.5. The summed E-state index contributed by atoms with van der Waals surface area (Å²) in [5, 5.41) is 4.34. The molecule has 132 valence electrons. The van der Waals surface area contributed by atoms with Gasteiger partial charge in [0, 0.05) is 5.02 Å². The molecule has 0 saturated carbocycles. The monoisotopic (exact) mass is 381 g/mol. The standard InChI is InChI=1S/C16H16ClN3O4S/c1-11(12-2-6-14(7-3-12)24-10-16(18)21)19-20-25(22,23)15-8-4-13(17)5-9-15/h2-9,20H,10H2,1H3,(H2,18,21)/b19-11-. The Morgan fingerprint density at radius 2 is 1.76 bits per heavy atom. The Hall–Kier alpha value is -2.58. The molecule has 0 radical (unpaired) electrons. The van der Waals surface area contributed by atoms with Gasteiger partial charge < -0.3 is 10.5 Å². The average Bonchev–Trinajstić information content (AvgIpc) is 2.59. The molecule has 0 heterocycles. The molecule has 2 aromatic carbocycles. The van der Waals surface area contributed by atoms with Gasteiger partial charge in [0.25, 0.3) is 15.9 Å². The van der Waals surface area contributed by atoms with Crippen molar-refractivity contribution in [1.82, 2.24) is 4.83 Å². The van der Waals surface area contributed by atoms with Gasteiger partial charge in [-0.05, 0) is 61.0 Å². The van der Waals surface area contributed by atoms with Crippen molar-refractivity contribution in [2.24, 2.45) is 10.8 Å². The SMILES string of the molecule is C/C(=N/NS(=O)(=O)c1ccc(Cl)cc1)c1ccc(OCC(N)=O)cc1. The van der Waals surface area contributed by atoms with Crippen LogP contribution in [-0.4, -0.2) is 26.6 Å². The fourth-order valence-corrected chi connectivity index (χ4v) is 2.79. The number of ether oxygens (including phenoxy) is 1. The van der Waals surface area contributed by atoms with Crippen molar-refractivity contribution >= 4 is 33.2 Å². The van der Waals surface area contributed by atoms with Crippen LogP contribution in [0.25, 0.3) is 0 Å². The number of primary amides is 1. The maximum absolute atomic E-state index is 12.2. The molecule has 0 fully saturated rings. The Labute approximate surface area is 150 Å². The molecule has 0 atom stereocenters. The molecule has 0 aliphatic carbocycles. The van der Waals surface area contributed by atoms with Gasteiger partial charge in [0.1, 0.15) is 5.75 Å². The number of nitrogens with zero attached hydrogens (tertiary/aromatic N) is 1. The van der Waals surface area contributed by atoms with Crippen LogP contribution < -0.4 is 15.3 Å². The number of nitrogens with one attached hydrogen (secondary N) is 1. The molecule has 2 rings (SSSR count). The lowest BCUT2D eigenvalue weighted by Crippen LogP contribution is -2.20. The molecule has 0 saturated heterocycles. The fourth-order valence-electron chi connectivity index (χ4n) is 1.81. The highest BCUT2D eigenvalue weighted by Crippen LogP contribution is 2.15. The first-order chi connectivity index (χ1) is 11.8. The van der Waals surface area contributed by atoms with Gasteiger partial charge in [0.2, 0.25) is 0 Å². The minimum Gasteiger partial charge on any atom is -0.484 e. The van der Waals surface area contributed by atoms with Gasteiger partial charge >= 0.3 is 0 Å². The third kappa shape index (κ3) is 5.47. The van der Waals surface area contributed by atoms with E-state index in [0.717, 1.165) is 0 Å². The number of carbonyl (C=O) groups is 1. The molecule has 1 amide bonds. The van der Waals surface area contributed by atoms with Crippen molar-refractivity contribution in [1.29, 1.82) is 0 Å². The predicted molar refractivity (Wildman–Crippen MR) is 95.1 cm³/mol. The molecule has 2 aromatic rings. The van der Waals surface area contributed by atoms with Gasteiger partial charge in [-0.25, -0.2) is 0 Å². The largest absolute Gasteiger partial charge is 0.484 e. The zero-order valence-corrected chi connectivity index (χ0v) is 14.8. The maximum atomic E-state index is 12.2. The molecule has 0 spiro atoms. The van der Waals surface area contributed by atoms with Crippen LogP contribution in [0.15, 0.2) is 58.5 Å². The van der Waals surface area contributed by atoms with Crippen LogP contribution >= 0.6 is 11.6 Å². The zero-order valence-electron chi connectivity index (χ0n) is 13.3. The van der Waals surface area contributed by atoms with Crippen LogP contribution in [0.5, 0.6) is 5.75 Å². The molecule has 25 heavy (non-hydrogen) atoms. The van der Waals surface area contributed by atoms with Crippen LogP contribution in [0.3, 0.4) is 0 Å². The summed E-state index contributed by atoms with van der Waals surface area (Å²) >= 11 is 5.74. The molecule has 0 aromatic heterocycles. The second-order valence-electron chi connectivity index (χ2n) is 5.03. The normalized spacial score (nSPS) is 11.8. The summed E-state index contributed by atoms with van der Waals surface area (Å²) in [7, 11) is -3.78. The summed E-state index contributed by atoms with van der Waals surface area (Å²) < 4.78 is 29.5. The van der Waals surface area contributed by atoms with Gasteiger partial charge in [-0.1, -0.05) is 11.6 Å². The van der Waals surface area contributed by atoms with Crippen molar-refractivity contribution in [3.05, 3.63) is 59.1 Å². The number of halogens is 1. The molecule has 0 aliphatic rings. The average molecular weight is 382 g/mol. The number of benzene rings is 2. The Morgan fingerprint density at radius 3 is 2.32 bits per heavy atom. The first kappa shape index (κ1) is 18.8. The minimum absolute atomic E-state index is 0.0589. The van der Waals surface area contributed by atoms with Crippen molar-refractivity contribution < 1.29 is 17.9 Å². The maximum Gasteiger partial charge on any atom is 0.276 e. The van der Waals surface area contributed by atoms with Crippen molar-refractivity contribution in [2.45, 2.75) is 11.8 Å². The van der Waals surface area contributed by atoms with E-state index >= 15 is 0 Å². The molecule has 9 heteroatoms. The number of amides is 1.